The molecule has 0 aliphatic carbocycles. The fraction of sp³-hybridized carbons (Fsp3) is 0.190. The molecular weight excluding hydrogens is 427 g/mol. The van der Waals surface area contributed by atoms with Gasteiger partial charge in [-0.2, -0.15) is 0 Å². The molecule has 0 radical (unpaired) electrons. The monoisotopic (exact) mass is 446 g/mol. The highest BCUT2D eigenvalue weighted by atomic mass is 35.5. The molecule has 30 heavy (non-hydrogen) atoms. The summed E-state index contributed by atoms with van der Waals surface area (Å²) in [5.41, 5.74) is 1.56. The molecule has 0 aliphatic heterocycles. The van der Waals surface area contributed by atoms with Crippen molar-refractivity contribution < 1.29 is 13.9 Å². The van der Waals surface area contributed by atoms with E-state index in [-0.39, 0.29) is 24.0 Å². The molecule has 3 rings (SSSR count). The molecule has 0 unspecified atom stereocenters. The van der Waals surface area contributed by atoms with E-state index in [1.807, 2.05) is 13.0 Å². The molecule has 6 nitrogen and oxygen atoms in total. The van der Waals surface area contributed by atoms with Gasteiger partial charge in [-0.15, -0.1) is 16.8 Å². The van der Waals surface area contributed by atoms with E-state index in [4.69, 9.17) is 16.3 Å². The second-order valence-corrected chi connectivity index (χ2v) is 7.69. The van der Waals surface area contributed by atoms with Gasteiger partial charge in [-0.1, -0.05) is 47.6 Å². The van der Waals surface area contributed by atoms with Crippen LogP contribution in [0.15, 0.2) is 60.3 Å². The molecule has 0 saturated heterocycles. The average Bonchev–Trinajstić information content (AvgIpc) is 3.10. The summed E-state index contributed by atoms with van der Waals surface area (Å²) in [5.74, 6) is 0.0847. The third-order valence-electron chi connectivity index (χ3n) is 4.03. The molecule has 2 aromatic carbocycles. The van der Waals surface area contributed by atoms with E-state index in [1.165, 1.54) is 17.8 Å². The Morgan fingerprint density at radius 1 is 1.33 bits per heavy atom. The van der Waals surface area contributed by atoms with Gasteiger partial charge in [0.15, 0.2) is 22.5 Å². The van der Waals surface area contributed by atoms with Crippen LogP contribution >= 0.6 is 23.4 Å². The van der Waals surface area contributed by atoms with Crippen molar-refractivity contribution in [1.82, 2.24) is 14.8 Å². The molecule has 1 N–H and O–H groups in total. The maximum absolute atomic E-state index is 13.7. The summed E-state index contributed by atoms with van der Waals surface area (Å²) in [6, 6.07) is 11.6. The van der Waals surface area contributed by atoms with Crippen LogP contribution in [-0.2, 0) is 17.9 Å². The Kier molecular flexibility index (Phi) is 7.48. The Morgan fingerprint density at radius 2 is 2.13 bits per heavy atom. The number of allylic oxidation sites excluding steroid dienone is 1. The van der Waals surface area contributed by atoms with E-state index in [0.29, 0.717) is 28.2 Å². The number of rotatable bonds is 9. The van der Waals surface area contributed by atoms with Crippen molar-refractivity contribution in [3.05, 3.63) is 77.3 Å². The molecule has 1 aromatic heterocycles. The van der Waals surface area contributed by atoms with Gasteiger partial charge in [0.05, 0.1) is 16.5 Å². The van der Waals surface area contributed by atoms with Gasteiger partial charge in [0, 0.05) is 6.54 Å². The quantitative estimate of drug-likeness (QED) is 0.375. The number of para-hydroxylation sites is 1. The molecular formula is C21H20ClFN4O2S. The minimum atomic E-state index is -0.451. The Hall–Kier alpha value is -2.84. The number of thioether (sulfide) groups is 1. The molecule has 1 amide bonds. The Balaban J connectivity index is 1.63. The van der Waals surface area contributed by atoms with Crippen LogP contribution in [-0.4, -0.2) is 26.4 Å². The van der Waals surface area contributed by atoms with Gasteiger partial charge >= 0.3 is 0 Å². The number of anilines is 1. The van der Waals surface area contributed by atoms with E-state index < -0.39 is 5.82 Å². The minimum Gasteiger partial charge on any atom is -0.483 e. The first-order valence-corrected chi connectivity index (χ1v) is 10.4. The zero-order chi connectivity index (χ0) is 21.5. The zero-order valence-electron chi connectivity index (χ0n) is 16.3. The second-order valence-electron chi connectivity index (χ2n) is 6.34. The Labute approximate surface area is 183 Å². The number of ether oxygens (including phenoxy) is 1. The summed E-state index contributed by atoms with van der Waals surface area (Å²) in [5, 5.41) is 12.0. The molecule has 0 spiro atoms. The van der Waals surface area contributed by atoms with Crippen LogP contribution in [0.25, 0.3) is 0 Å². The molecule has 0 fully saturated rings. The number of hydrogen-bond donors (Lipinski definition) is 1. The van der Waals surface area contributed by atoms with Gasteiger partial charge in [-0.05, 0) is 36.8 Å². The molecule has 9 heteroatoms. The van der Waals surface area contributed by atoms with Crippen LogP contribution in [0.4, 0.5) is 10.1 Å². The van der Waals surface area contributed by atoms with Crippen LogP contribution in [0.1, 0.15) is 11.4 Å². The molecule has 0 atom stereocenters. The summed E-state index contributed by atoms with van der Waals surface area (Å²) in [6.07, 6.45) is 1.69. The van der Waals surface area contributed by atoms with Gasteiger partial charge in [-0.3, -0.25) is 9.36 Å². The number of nitrogens with one attached hydrogen (secondary N) is 1. The Morgan fingerprint density at radius 3 is 2.87 bits per heavy atom. The van der Waals surface area contributed by atoms with E-state index >= 15 is 0 Å². The van der Waals surface area contributed by atoms with Gasteiger partial charge in [0.1, 0.15) is 6.61 Å². The molecule has 3 aromatic rings. The number of aryl methyl sites for hydroxylation is 1. The van der Waals surface area contributed by atoms with Crippen molar-refractivity contribution in [3.8, 4) is 5.75 Å². The molecule has 0 aliphatic rings. The SMILES string of the molecule is C=CCn1c(COc2ccccc2F)nnc1SCC(=O)Nc1ccc(C)cc1Cl. The number of carbonyl (C=O) groups excluding carboxylic acids is 1. The summed E-state index contributed by atoms with van der Waals surface area (Å²) < 4.78 is 21.0. The number of aromatic nitrogens is 3. The highest BCUT2D eigenvalue weighted by Crippen LogP contribution is 2.24. The van der Waals surface area contributed by atoms with E-state index in [9.17, 15) is 9.18 Å². The fourth-order valence-corrected chi connectivity index (χ4v) is 3.64. The first-order chi connectivity index (χ1) is 14.5. The predicted molar refractivity (Wildman–Crippen MR) is 116 cm³/mol. The predicted octanol–water partition coefficient (Wildman–Crippen LogP) is 4.87. The summed E-state index contributed by atoms with van der Waals surface area (Å²) in [4.78, 5) is 12.3. The molecule has 1 heterocycles. The third-order valence-corrected chi connectivity index (χ3v) is 5.31. The first kappa shape index (κ1) is 21.9. The van der Waals surface area contributed by atoms with Crippen molar-refractivity contribution in [2.75, 3.05) is 11.1 Å². The lowest BCUT2D eigenvalue weighted by molar-refractivity contribution is -0.113. The maximum Gasteiger partial charge on any atom is 0.234 e. The van der Waals surface area contributed by atoms with Crippen LogP contribution in [0.3, 0.4) is 0 Å². The number of halogens is 2. The van der Waals surface area contributed by atoms with Crippen molar-refractivity contribution >= 4 is 35.0 Å². The number of amides is 1. The number of hydrogen-bond acceptors (Lipinski definition) is 5. The minimum absolute atomic E-state index is 0.0352. The largest absolute Gasteiger partial charge is 0.483 e. The highest BCUT2D eigenvalue weighted by Gasteiger charge is 2.15. The van der Waals surface area contributed by atoms with E-state index in [2.05, 4.69) is 22.1 Å². The average molecular weight is 447 g/mol. The normalized spacial score (nSPS) is 10.6. The lowest BCUT2D eigenvalue weighted by Crippen LogP contribution is -2.15. The topological polar surface area (TPSA) is 69.0 Å². The second kappa shape index (κ2) is 10.3. The standard InChI is InChI=1S/C21H20ClFN4O2S/c1-3-10-27-19(12-29-18-7-5-4-6-16(18)23)25-26-21(27)30-13-20(28)24-17-9-8-14(2)11-15(17)22/h3-9,11H,1,10,12-13H2,2H3,(H,24,28). The number of carbonyl (C=O) groups is 1. The highest BCUT2D eigenvalue weighted by molar-refractivity contribution is 7.99. The van der Waals surface area contributed by atoms with Crippen LogP contribution in [0, 0.1) is 12.7 Å². The van der Waals surface area contributed by atoms with Crippen molar-refractivity contribution in [2.24, 2.45) is 0 Å². The molecule has 0 bridgehead atoms. The maximum atomic E-state index is 13.7. The van der Waals surface area contributed by atoms with Crippen molar-refractivity contribution in [3.63, 3.8) is 0 Å². The number of benzene rings is 2. The molecule has 156 valence electrons. The summed E-state index contributed by atoms with van der Waals surface area (Å²) in [6.45, 7) is 6.12. The summed E-state index contributed by atoms with van der Waals surface area (Å²) >= 11 is 7.38. The van der Waals surface area contributed by atoms with Gasteiger partial charge in [-0.25, -0.2) is 4.39 Å². The molecule has 0 saturated carbocycles. The van der Waals surface area contributed by atoms with E-state index in [1.54, 1.807) is 41.0 Å². The van der Waals surface area contributed by atoms with Gasteiger partial charge in [0.25, 0.3) is 0 Å². The van der Waals surface area contributed by atoms with Crippen LogP contribution in [0.2, 0.25) is 5.02 Å². The Bertz CT molecular complexity index is 1060. The smallest absolute Gasteiger partial charge is 0.234 e. The zero-order valence-corrected chi connectivity index (χ0v) is 17.8. The van der Waals surface area contributed by atoms with Crippen LogP contribution in [0.5, 0.6) is 5.75 Å². The van der Waals surface area contributed by atoms with Crippen molar-refractivity contribution in [2.45, 2.75) is 25.2 Å². The summed E-state index contributed by atoms with van der Waals surface area (Å²) in [7, 11) is 0. The van der Waals surface area contributed by atoms with Gasteiger partial charge in [0.2, 0.25) is 5.91 Å². The first-order valence-electron chi connectivity index (χ1n) is 9.07. The van der Waals surface area contributed by atoms with Crippen molar-refractivity contribution in [1.29, 1.82) is 0 Å². The lowest BCUT2D eigenvalue weighted by atomic mass is 10.2. The lowest BCUT2D eigenvalue weighted by Gasteiger charge is -2.10. The van der Waals surface area contributed by atoms with Gasteiger partial charge < -0.3 is 10.1 Å². The van der Waals surface area contributed by atoms with Crippen LogP contribution < -0.4 is 10.1 Å². The van der Waals surface area contributed by atoms with E-state index in [0.717, 1.165) is 5.56 Å². The fourth-order valence-electron chi connectivity index (χ4n) is 2.59. The number of nitrogens with zero attached hydrogens (tertiary/aromatic N) is 3. The third kappa shape index (κ3) is 5.61.